The van der Waals surface area contributed by atoms with Crippen molar-refractivity contribution in [2.75, 3.05) is 13.1 Å². The Balaban J connectivity index is 1.94. The van der Waals surface area contributed by atoms with Gasteiger partial charge in [0.1, 0.15) is 0 Å². The number of hydrazone groups is 1. The molecule has 3 heterocycles. The molecule has 1 atom stereocenters. The standard InChI is InChI=1S/C15H20N6/c1-11-14(12-7-19-20(2)9-12)8-18-17-5-3-15(11)21-6-4-13(16)10-21/h3,5,7-9,13,18H,1,4,6,10,16H2,2H3/b14-8+,15-3+,17-5-. The fraction of sp³-hybridized carbons (Fsp3) is 0.333. The Morgan fingerprint density at radius 3 is 3.00 bits per heavy atom. The summed E-state index contributed by atoms with van der Waals surface area (Å²) in [6, 6.07) is 0.227. The molecule has 6 heteroatoms. The van der Waals surface area contributed by atoms with Gasteiger partial charge in [-0.3, -0.25) is 10.1 Å². The van der Waals surface area contributed by atoms with E-state index in [9.17, 15) is 0 Å². The lowest BCUT2D eigenvalue weighted by molar-refractivity contribution is 0.431. The topological polar surface area (TPSA) is 71.5 Å². The molecule has 1 unspecified atom stereocenters. The fourth-order valence-electron chi connectivity index (χ4n) is 2.70. The number of aromatic nitrogens is 2. The van der Waals surface area contributed by atoms with Crippen molar-refractivity contribution in [3.8, 4) is 0 Å². The molecular weight excluding hydrogens is 264 g/mol. The van der Waals surface area contributed by atoms with E-state index >= 15 is 0 Å². The Morgan fingerprint density at radius 1 is 1.48 bits per heavy atom. The molecule has 110 valence electrons. The largest absolute Gasteiger partial charge is 0.369 e. The number of allylic oxidation sites excluding steroid dienone is 2. The Hall–Kier alpha value is -2.34. The highest BCUT2D eigenvalue weighted by atomic mass is 15.3. The number of nitrogens with one attached hydrogen (secondary N) is 1. The molecule has 2 aliphatic heterocycles. The van der Waals surface area contributed by atoms with Gasteiger partial charge in [0.05, 0.1) is 6.20 Å². The molecule has 1 aromatic heterocycles. The summed E-state index contributed by atoms with van der Waals surface area (Å²) in [6.07, 6.45) is 10.4. The van der Waals surface area contributed by atoms with Crippen LogP contribution in [-0.2, 0) is 7.05 Å². The molecule has 0 amide bonds. The SMILES string of the molecule is C=C1/C(c2cnn(C)c2)=C\N/N=C\C=C/1N1CCC(N)C1. The minimum atomic E-state index is 0.227. The lowest BCUT2D eigenvalue weighted by Gasteiger charge is -2.25. The Kier molecular flexibility index (Phi) is 3.62. The van der Waals surface area contributed by atoms with Crippen molar-refractivity contribution in [2.24, 2.45) is 17.9 Å². The van der Waals surface area contributed by atoms with Crippen LogP contribution in [0.1, 0.15) is 12.0 Å². The third-order valence-electron chi connectivity index (χ3n) is 3.81. The van der Waals surface area contributed by atoms with Gasteiger partial charge < -0.3 is 10.6 Å². The van der Waals surface area contributed by atoms with Crippen molar-refractivity contribution in [2.45, 2.75) is 12.5 Å². The number of hydrogen-bond acceptors (Lipinski definition) is 5. The second-order valence-corrected chi connectivity index (χ2v) is 5.39. The lowest BCUT2D eigenvalue weighted by Crippen LogP contribution is -2.27. The maximum Gasteiger partial charge on any atom is 0.0568 e. The van der Waals surface area contributed by atoms with Crippen molar-refractivity contribution >= 4 is 11.8 Å². The molecule has 1 aromatic rings. The number of likely N-dealkylation sites (tertiary alicyclic amines) is 1. The summed E-state index contributed by atoms with van der Waals surface area (Å²) >= 11 is 0. The summed E-state index contributed by atoms with van der Waals surface area (Å²) < 4.78 is 1.78. The summed E-state index contributed by atoms with van der Waals surface area (Å²) in [5.41, 5.74) is 13.0. The molecule has 0 bridgehead atoms. The molecule has 0 aliphatic carbocycles. The van der Waals surface area contributed by atoms with E-state index in [-0.39, 0.29) is 6.04 Å². The molecule has 0 radical (unpaired) electrons. The molecule has 6 nitrogen and oxygen atoms in total. The third kappa shape index (κ3) is 2.75. The summed E-state index contributed by atoms with van der Waals surface area (Å²) in [4.78, 5) is 2.27. The van der Waals surface area contributed by atoms with Gasteiger partial charge in [-0.2, -0.15) is 10.2 Å². The van der Waals surface area contributed by atoms with Gasteiger partial charge in [0, 0.05) is 67.2 Å². The highest BCUT2D eigenvalue weighted by Gasteiger charge is 2.24. The summed E-state index contributed by atoms with van der Waals surface area (Å²) in [6.45, 7) is 6.08. The molecule has 0 spiro atoms. The highest BCUT2D eigenvalue weighted by Crippen LogP contribution is 2.30. The average molecular weight is 284 g/mol. The number of nitrogens with zero attached hydrogens (tertiary/aromatic N) is 4. The molecule has 2 aliphatic rings. The Morgan fingerprint density at radius 2 is 2.33 bits per heavy atom. The first-order valence-corrected chi connectivity index (χ1v) is 7.03. The van der Waals surface area contributed by atoms with Gasteiger partial charge in [-0.25, -0.2) is 0 Å². The van der Waals surface area contributed by atoms with E-state index in [1.54, 1.807) is 10.9 Å². The van der Waals surface area contributed by atoms with Crippen LogP contribution < -0.4 is 11.2 Å². The number of rotatable bonds is 2. The first kappa shape index (κ1) is 13.6. The Bertz CT molecular complexity index is 636. The van der Waals surface area contributed by atoms with Crippen LogP contribution in [0.4, 0.5) is 0 Å². The van der Waals surface area contributed by atoms with E-state index in [2.05, 4.69) is 27.1 Å². The van der Waals surface area contributed by atoms with Gasteiger partial charge in [-0.1, -0.05) is 6.58 Å². The minimum absolute atomic E-state index is 0.227. The second kappa shape index (κ2) is 5.57. The zero-order valence-corrected chi connectivity index (χ0v) is 12.2. The van der Waals surface area contributed by atoms with Gasteiger partial charge in [-0.05, 0) is 12.5 Å². The van der Waals surface area contributed by atoms with Crippen LogP contribution >= 0.6 is 0 Å². The second-order valence-electron chi connectivity index (χ2n) is 5.39. The van der Waals surface area contributed by atoms with E-state index in [0.717, 1.165) is 41.9 Å². The van der Waals surface area contributed by atoms with E-state index in [1.165, 1.54) is 0 Å². The molecular formula is C15H20N6. The van der Waals surface area contributed by atoms with Gasteiger partial charge in [-0.15, -0.1) is 0 Å². The normalized spacial score (nSPS) is 29.0. The monoisotopic (exact) mass is 284 g/mol. The van der Waals surface area contributed by atoms with Crippen LogP contribution in [0, 0.1) is 0 Å². The maximum atomic E-state index is 6.02. The highest BCUT2D eigenvalue weighted by molar-refractivity contribution is 5.86. The van der Waals surface area contributed by atoms with Crippen molar-refractivity contribution in [1.82, 2.24) is 20.1 Å². The molecule has 3 N–H and O–H groups in total. The molecule has 0 aromatic carbocycles. The van der Waals surface area contributed by atoms with Crippen molar-refractivity contribution in [3.63, 3.8) is 0 Å². The zero-order valence-electron chi connectivity index (χ0n) is 12.2. The predicted octanol–water partition coefficient (Wildman–Crippen LogP) is 0.823. The van der Waals surface area contributed by atoms with Gasteiger partial charge in [0.2, 0.25) is 0 Å². The number of hydrogen-bond donors (Lipinski definition) is 2. The lowest BCUT2D eigenvalue weighted by atomic mass is 9.99. The van der Waals surface area contributed by atoms with E-state index in [1.807, 2.05) is 31.7 Å². The molecule has 21 heavy (non-hydrogen) atoms. The summed E-state index contributed by atoms with van der Waals surface area (Å²) in [5, 5.41) is 8.36. The summed E-state index contributed by atoms with van der Waals surface area (Å²) in [5.74, 6) is 0. The maximum absolute atomic E-state index is 6.02. The van der Waals surface area contributed by atoms with Crippen LogP contribution in [0.3, 0.4) is 0 Å². The van der Waals surface area contributed by atoms with E-state index < -0.39 is 0 Å². The molecule has 1 fully saturated rings. The first-order valence-electron chi connectivity index (χ1n) is 7.03. The summed E-state index contributed by atoms with van der Waals surface area (Å²) in [7, 11) is 1.90. The third-order valence-corrected chi connectivity index (χ3v) is 3.81. The van der Waals surface area contributed by atoms with Gasteiger partial charge >= 0.3 is 0 Å². The Labute approximate surface area is 124 Å². The average Bonchev–Trinajstić information content (AvgIpc) is 3.04. The quantitative estimate of drug-likeness (QED) is 0.843. The van der Waals surface area contributed by atoms with Crippen molar-refractivity contribution in [3.05, 3.63) is 48.1 Å². The van der Waals surface area contributed by atoms with Crippen molar-refractivity contribution < 1.29 is 0 Å². The van der Waals surface area contributed by atoms with Gasteiger partial charge in [0.15, 0.2) is 0 Å². The van der Waals surface area contributed by atoms with Crippen LogP contribution in [-0.4, -0.2) is 40.0 Å². The van der Waals surface area contributed by atoms with Crippen LogP contribution in [0.5, 0.6) is 0 Å². The number of aryl methyl sites for hydroxylation is 1. The smallest absolute Gasteiger partial charge is 0.0568 e. The predicted molar refractivity (Wildman–Crippen MR) is 84.2 cm³/mol. The first-order chi connectivity index (χ1) is 10.1. The number of nitrogens with two attached hydrogens (primary N) is 1. The molecule has 3 rings (SSSR count). The van der Waals surface area contributed by atoms with E-state index in [4.69, 9.17) is 5.73 Å². The van der Waals surface area contributed by atoms with Crippen LogP contribution in [0.15, 0.2) is 47.6 Å². The van der Waals surface area contributed by atoms with Crippen LogP contribution in [0.25, 0.3) is 5.57 Å². The van der Waals surface area contributed by atoms with Crippen LogP contribution in [0.2, 0.25) is 0 Å². The van der Waals surface area contributed by atoms with E-state index in [0.29, 0.717) is 0 Å². The minimum Gasteiger partial charge on any atom is -0.369 e. The fourth-order valence-corrected chi connectivity index (χ4v) is 2.70. The molecule has 0 saturated carbocycles. The zero-order chi connectivity index (χ0) is 14.8. The van der Waals surface area contributed by atoms with Crippen molar-refractivity contribution in [1.29, 1.82) is 0 Å². The molecule has 1 saturated heterocycles. The van der Waals surface area contributed by atoms with Gasteiger partial charge in [0.25, 0.3) is 0 Å².